The molecule has 0 aliphatic rings. The molecule has 0 fully saturated rings. The standard InChI is InChI=1S/C19H18BrNO4/c1-13-4-7-15(8-5-13)24-11-3-2-10-21-17-9-6-14(20)12-16(17)18(22)25-19(21)23/h4-9,12H,2-3,10-11H2,1H3. The molecule has 1 aromatic heterocycles. The van der Waals surface area contributed by atoms with Crippen molar-refractivity contribution in [1.82, 2.24) is 4.57 Å². The second kappa shape index (κ2) is 7.70. The normalized spacial score (nSPS) is 11.0. The van der Waals surface area contributed by atoms with Gasteiger partial charge in [-0.15, -0.1) is 0 Å². The van der Waals surface area contributed by atoms with Crippen LogP contribution in [0.1, 0.15) is 18.4 Å². The third-order valence-electron chi connectivity index (χ3n) is 3.94. The molecule has 2 aromatic carbocycles. The second-order valence-corrected chi connectivity index (χ2v) is 6.75. The lowest BCUT2D eigenvalue weighted by atomic mass is 10.2. The molecule has 3 aromatic rings. The van der Waals surface area contributed by atoms with E-state index in [1.165, 1.54) is 10.1 Å². The van der Waals surface area contributed by atoms with Crippen molar-refractivity contribution in [3.63, 3.8) is 0 Å². The number of fused-ring (bicyclic) bond motifs is 1. The van der Waals surface area contributed by atoms with Gasteiger partial charge >= 0.3 is 11.4 Å². The lowest BCUT2D eigenvalue weighted by molar-refractivity contribution is 0.301. The topological polar surface area (TPSA) is 61.4 Å². The van der Waals surface area contributed by atoms with Crippen LogP contribution in [0.3, 0.4) is 0 Å². The van der Waals surface area contributed by atoms with Gasteiger partial charge in [0, 0.05) is 11.0 Å². The molecule has 0 saturated heterocycles. The van der Waals surface area contributed by atoms with Gasteiger partial charge in [0.05, 0.1) is 17.5 Å². The molecule has 0 N–H and O–H groups in total. The molecular formula is C19H18BrNO4. The molecule has 0 amide bonds. The first kappa shape index (κ1) is 17.5. The maximum absolute atomic E-state index is 12.0. The number of benzene rings is 2. The van der Waals surface area contributed by atoms with Gasteiger partial charge in [0.25, 0.3) is 0 Å². The van der Waals surface area contributed by atoms with Crippen LogP contribution < -0.4 is 16.1 Å². The van der Waals surface area contributed by atoms with Gasteiger partial charge in [0.1, 0.15) is 5.75 Å². The molecule has 0 aliphatic heterocycles. The number of nitrogens with zero attached hydrogens (tertiary/aromatic N) is 1. The summed E-state index contributed by atoms with van der Waals surface area (Å²) in [6.07, 6.45) is 1.53. The van der Waals surface area contributed by atoms with Crippen molar-refractivity contribution in [3.8, 4) is 5.75 Å². The van der Waals surface area contributed by atoms with Gasteiger partial charge in [-0.3, -0.25) is 4.57 Å². The molecule has 1 heterocycles. The Morgan fingerprint density at radius 1 is 1.08 bits per heavy atom. The fraction of sp³-hybridized carbons (Fsp3) is 0.263. The van der Waals surface area contributed by atoms with Crippen LogP contribution in [0, 0.1) is 6.92 Å². The van der Waals surface area contributed by atoms with Crippen molar-refractivity contribution in [2.24, 2.45) is 0 Å². The molecule has 0 unspecified atom stereocenters. The van der Waals surface area contributed by atoms with Crippen LogP contribution in [0.2, 0.25) is 0 Å². The smallest absolute Gasteiger partial charge is 0.422 e. The number of hydrogen-bond donors (Lipinski definition) is 0. The molecule has 5 nitrogen and oxygen atoms in total. The Bertz CT molecular complexity index is 989. The van der Waals surface area contributed by atoms with E-state index in [0.717, 1.165) is 23.1 Å². The zero-order valence-corrected chi connectivity index (χ0v) is 15.4. The molecule has 0 radical (unpaired) electrons. The van der Waals surface area contributed by atoms with E-state index >= 15 is 0 Å². The molecule has 0 atom stereocenters. The summed E-state index contributed by atoms with van der Waals surface area (Å²) in [5.41, 5.74) is 1.17. The Morgan fingerprint density at radius 3 is 2.60 bits per heavy atom. The second-order valence-electron chi connectivity index (χ2n) is 5.84. The molecular weight excluding hydrogens is 386 g/mol. The van der Waals surface area contributed by atoms with E-state index in [1.807, 2.05) is 31.2 Å². The highest BCUT2D eigenvalue weighted by Gasteiger charge is 2.09. The minimum absolute atomic E-state index is 0.393. The number of unbranched alkanes of at least 4 members (excludes halogenated alkanes) is 1. The average molecular weight is 404 g/mol. The molecule has 0 saturated carbocycles. The maximum Gasteiger partial charge on any atom is 0.422 e. The highest BCUT2D eigenvalue weighted by Crippen LogP contribution is 2.16. The van der Waals surface area contributed by atoms with Gasteiger partial charge in [-0.1, -0.05) is 33.6 Å². The third-order valence-corrected chi connectivity index (χ3v) is 4.43. The number of ether oxygens (including phenoxy) is 1. The zero-order valence-electron chi connectivity index (χ0n) is 13.8. The van der Waals surface area contributed by atoms with Gasteiger partial charge < -0.3 is 9.15 Å². The number of hydrogen-bond acceptors (Lipinski definition) is 4. The Kier molecular flexibility index (Phi) is 5.38. The quantitative estimate of drug-likeness (QED) is 0.585. The number of aryl methyl sites for hydroxylation is 2. The fourth-order valence-corrected chi connectivity index (χ4v) is 2.96. The first-order valence-corrected chi connectivity index (χ1v) is 8.86. The van der Waals surface area contributed by atoms with Gasteiger partial charge in [0.15, 0.2) is 0 Å². The van der Waals surface area contributed by atoms with Crippen LogP contribution in [0.15, 0.2) is 60.9 Å². The van der Waals surface area contributed by atoms with Crippen LogP contribution in [0.5, 0.6) is 5.75 Å². The molecule has 6 heteroatoms. The van der Waals surface area contributed by atoms with Crippen molar-refractivity contribution < 1.29 is 9.15 Å². The predicted octanol–water partition coefficient (Wildman–Crippen LogP) is 3.88. The van der Waals surface area contributed by atoms with E-state index in [-0.39, 0.29) is 0 Å². The number of halogens is 1. The summed E-state index contributed by atoms with van der Waals surface area (Å²) in [6.45, 7) is 3.07. The van der Waals surface area contributed by atoms with Gasteiger partial charge in [-0.25, -0.2) is 9.59 Å². The van der Waals surface area contributed by atoms with Crippen molar-refractivity contribution in [2.45, 2.75) is 26.3 Å². The molecule has 0 aliphatic carbocycles. The van der Waals surface area contributed by atoms with Crippen LogP contribution >= 0.6 is 15.9 Å². The van der Waals surface area contributed by atoms with Crippen LogP contribution in [-0.4, -0.2) is 11.2 Å². The van der Waals surface area contributed by atoms with Crippen molar-refractivity contribution in [3.05, 3.63) is 73.5 Å². The minimum atomic E-state index is -0.626. The summed E-state index contributed by atoms with van der Waals surface area (Å²) in [6, 6.07) is 13.1. The zero-order chi connectivity index (χ0) is 17.8. The van der Waals surface area contributed by atoms with E-state index in [4.69, 9.17) is 9.15 Å². The lowest BCUT2D eigenvalue weighted by Crippen LogP contribution is -2.25. The molecule has 25 heavy (non-hydrogen) atoms. The van der Waals surface area contributed by atoms with Crippen LogP contribution in [0.4, 0.5) is 0 Å². The van der Waals surface area contributed by atoms with Crippen LogP contribution in [0.25, 0.3) is 10.9 Å². The van der Waals surface area contributed by atoms with Gasteiger partial charge in [-0.05, 0) is 50.1 Å². The van der Waals surface area contributed by atoms with Crippen molar-refractivity contribution >= 4 is 26.8 Å². The summed E-state index contributed by atoms with van der Waals surface area (Å²) in [4.78, 5) is 23.8. The Hall–Kier alpha value is -2.34. The largest absolute Gasteiger partial charge is 0.494 e. The van der Waals surface area contributed by atoms with Crippen LogP contribution in [-0.2, 0) is 6.54 Å². The fourth-order valence-electron chi connectivity index (χ4n) is 2.60. The highest BCUT2D eigenvalue weighted by atomic mass is 79.9. The van der Waals surface area contributed by atoms with Gasteiger partial charge in [0.2, 0.25) is 0 Å². The summed E-state index contributed by atoms with van der Waals surface area (Å²) in [7, 11) is 0. The first-order valence-electron chi connectivity index (χ1n) is 8.07. The van der Waals surface area contributed by atoms with E-state index in [0.29, 0.717) is 24.1 Å². The average Bonchev–Trinajstić information content (AvgIpc) is 2.59. The van der Waals surface area contributed by atoms with Crippen molar-refractivity contribution in [2.75, 3.05) is 6.61 Å². The Morgan fingerprint density at radius 2 is 1.84 bits per heavy atom. The van der Waals surface area contributed by atoms with E-state index < -0.39 is 11.4 Å². The van der Waals surface area contributed by atoms with E-state index in [2.05, 4.69) is 15.9 Å². The van der Waals surface area contributed by atoms with Crippen molar-refractivity contribution in [1.29, 1.82) is 0 Å². The van der Waals surface area contributed by atoms with E-state index in [9.17, 15) is 9.59 Å². The number of rotatable bonds is 6. The monoisotopic (exact) mass is 403 g/mol. The maximum atomic E-state index is 12.0. The SMILES string of the molecule is Cc1ccc(OCCCCn2c(=O)oc(=O)c3cc(Br)ccc32)cc1. The number of aromatic nitrogens is 1. The first-order chi connectivity index (χ1) is 12.0. The minimum Gasteiger partial charge on any atom is -0.494 e. The summed E-state index contributed by atoms with van der Waals surface area (Å²) in [5, 5.41) is 0.393. The Labute approximate surface area is 153 Å². The molecule has 0 bridgehead atoms. The third kappa shape index (κ3) is 4.20. The van der Waals surface area contributed by atoms with Gasteiger partial charge in [-0.2, -0.15) is 0 Å². The summed E-state index contributed by atoms with van der Waals surface area (Å²) >= 11 is 3.32. The molecule has 130 valence electrons. The highest BCUT2D eigenvalue weighted by molar-refractivity contribution is 9.10. The summed E-state index contributed by atoms with van der Waals surface area (Å²) < 4.78 is 12.8. The predicted molar refractivity (Wildman–Crippen MR) is 100 cm³/mol. The lowest BCUT2D eigenvalue weighted by Gasteiger charge is -2.09. The molecule has 0 spiro atoms. The molecule has 3 rings (SSSR count). The van der Waals surface area contributed by atoms with E-state index in [1.54, 1.807) is 18.2 Å². The Balaban J connectivity index is 1.64. The summed E-state index contributed by atoms with van der Waals surface area (Å²) in [5.74, 6) is 0.211.